The Bertz CT molecular complexity index is 1090. The maximum atomic E-state index is 13.1. The zero-order valence-corrected chi connectivity index (χ0v) is 14.8. The molecule has 0 aliphatic rings. The summed E-state index contributed by atoms with van der Waals surface area (Å²) in [7, 11) is 0. The standard InChI is InChI=1S/C25H19NO/c27-25(23-17-9-13-19-10-7-8-16-22(19)23)18-24(20-11-3-1-4-12-20)26-21-14-5-2-6-15-21/h1-18,26H. The van der Waals surface area contributed by atoms with Crippen LogP contribution in [0.4, 0.5) is 5.69 Å². The summed E-state index contributed by atoms with van der Waals surface area (Å²) >= 11 is 0. The van der Waals surface area contributed by atoms with Gasteiger partial charge in [0.05, 0.1) is 0 Å². The van der Waals surface area contributed by atoms with Gasteiger partial charge in [0, 0.05) is 23.0 Å². The highest BCUT2D eigenvalue weighted by Crippen LogP contribution is 2.23. The van der Waals surface area contributed by atoms with Crippen molar-refractivity contribution in [3.05, 3.63) is 120 Å². The van der Waals surface area contributed by atoms with E-state index in [1.54, 1.807) is 6.08 Å². The molecule has 0 aliphatic carbocycles. The molecular formula is C25H19NO. The third kappa shape index (κ3) is 3.80. The van der Waals surface area contributed by atoms with E-state index in [-0.39, 0.29) is 5.78 Å². The van der Waals surface area contributed by atoms with Gasteiger partial charge >= 0.3 is 0 Å². The summed E-state index contributed by atoms with van der Waals surface area (Å²) in [5, 5.41) is 5.41. The van der Waals surface area contributed by atoms with Crippen molar-refractivity contribution in [2.24, 2.45) is 0 Å². The Morgan fingerprint density at radius 1 is 0.667 bits per heavy atom. The van der Waals surface area contributed by atoms with Crippen molar-refractivity contribution in [2.45, 2.75) is 0 Å². The minimum atomic E-state index is -0.0194. The Hall–Kier alpha value is -3.65. The fourth-order valence-corrected chi connectivity index (χ4v) is 3.14. The van der Waals surface area contributed by atoms with Crippen LogP contribution in [0.5, 0.6) is 0 Å². The summed E-state index contributed by atoms with van der Waals surface area (Å²) in [5.41, 5.74) is 3.39. The number of fused-ring (bicyclic) bond motifs is 1. The van der Waals surface area contributed by atoms with E-state index in [1.807, 2.05) is 103 Å². The number of nitrogens with one attached hydrogen (secondary N) is 1. The monoisotopic (exact) mass is 349 g/mol. The van der Waals surface area contributed by atoms with Crippen LogP contribution < -0.4 is 5.32 Å². The Morgan fingerprint density at radius 3 is 2.07 bits per heavy atom. The van der Waals surface area contributed by atoms with Gasteiger partial charge in [-0.1, -0.05) is 91.0 Å². The molecule has 4 rings (SSSR count). The molecule has 0 radical (unpaired) electrons. The molecule has 0 saturated carbocycles. The van der Waals surface area contributed by atoms with Gasteiger partial charge in [-0.2, -0.15) is 0 Å². The minimum Gasteiger partial charge on any atom is -0.355 e. The molecule has 0 spiro atoms. The largest absolute Gasteiger partial charge is 0.355 e. The van der Waals surface area contributed by atoms with Gasteiger partial charge in [0.1, 0.15) is 0 Å². The molecule has 2 nitrogen and oxygen atoms in total. The molecular weight excluding hydrogens is 330 g/mol. The lowest BCUT2D eigenvalue weighted by Gasteiger charge is -2.12. The van der Waals surface area contributed by atoms with Crippen molar-refractivity contribution in [3.63, 3.8) is 0 Å². The van der Waals surface area contributed by atoms with Crippen LogP contribution in [0.15, 0.2) is 109 Å². The molecule has 0 aromatic heterocycles. The summed E-state index contributed by atoms with van der Waals surface area (Å²) in [6, 6.07) is 33.6. The lowest BCUT2D eigenvalue weighted by molar-refractivity contribution is 0.104. The molecule has 0 heterocycles. The van der Waals surface area contributed by atoms with E-state index in [4.69, 9.17) is 0 Å². The van der Waals surface area contributed by atoms with Crippen molar-refractivity contribution in [1.82, 2.24) is 0 Å². The molecule has 0 saturated heterocycles. The first-order valence-electron chi connectivity index (χ1n) is 8.92. The fourth-order valence-electron chi connectivity index (χ4n) is 3.14. The van der Waals surface area contributed by atoms with Crippen molar-refractivity contribution >= 4 is 27.9 Å². The van der Waals surface area contributed by atoms with Gasteiger partial charge in [0.2, 0.25) is 0 Å². The maximum Gasteiger partial charge on any atom is 0.188 e. The SMILES string of the molecule is O=C(C=C(Nc1ccccc1)c1ccccc1)c1cccc2ccccc12. The van der Waals surface area contributed by atoms with Crippen LogP contribution >= 0.6 is 0 Å². The minimum absolute atomic E-state index is 0.0194. The van der Waals surface area contributed by atoms with Crippen molar-refractivity contribution < 1.29 is 4.79 Å². The van der Waals surface area contributed by atoms with Gasteiger partial charge in [0.15, 0.2) is 5.78 Å². The van der Waals surface area contributed by atoms with E-state index in [0.29, 0.717) is 5.56 Å². The summed E-state index contributed by atoms with van der Waals surface area (Å²) in [6.45, 7) is 0. The van der Waals surface area contributed by atoms with Crippen LogP contribution in [-0.4, -0.2) is 5.78 Å². The predicted molar refractivity (Wildman–Crippen MR) is 113 cm³/mol. The number of benzene rings is 4. The molecule has 0 fully saturated rings. The van der Waals surface area contributed by atoms with E-state index >= 15 is 0 Å². The summed E-state index contributed by atoms with van der Waals surface area (Å²) in [4.78, 5) is 13.1. The Kier molecular flexibility index (Phi) is 4.80. The van der Waals surface area contributed by atoms with Crippen LogP contribution in [0.3, 0.4) is 0 Å². The first-order chi connectivity index (χ1) is 13.3. The highest BCUT2D eigenvalue weighted by molar-refractivity contribution is 6.16. The second kappa shape index (κ2) is 7.71. The van der Waals surface area contributed by atoms with Crippen LogP contribution in [0.1, 0.15) is 15.9 Å². The van der Waals surface area contributed by atoms with E-state index in [0.717, 1.165) is 27.7 Å². The van der Waals surface area contributed by atoms with Gasteiger partial charge in [-0.25, -0.2) is 0 Å². The fraction of sp³-hybridized carbons (Fsp3) is 0. The van der Waals surface area contributed by atoms with Crippen LogP contribution in [0, 0.1) is 0 Å². The molecule has 0 aliphatic heterocycles. The van der Waals surface area contributed by atoms with Crippen LogP contribution in [0.25, 0.3) is 16.5 Å². The summed E-state index contributed by atoms with van der Waals surface area (Å²) in [5.74, 6) is -0.0194. The predicted octanol–water partition coefficient (Wildman–Crippen LogP) is 6.18. The first kappa shape index (κ1) is 16.8. The highest BCUT2D eigenvalue weighted by Gasteiger charge is 2.10. The third-order valence-electron chi connectivity index (χ3n) is 4.47. The molecule has 1 N–H and O–H groups in total. The van der Waals surface area contributed by atoms with E-state index in [2.05, 4.69) is 5.32 Å². The zero-order chi connectivity index (χ0) is 18.5. The summed E-state index contributed by atoms with van der Waals surface area (Å²) in [6.07, 6.45) is 1.68. The maximum absolute atomic E-state index is 13.1. The Labute approximate surface area is 158 Å². The second-order valence-corrected chi connectivity index (χ2v) is 6.31. The quantitative estimate of drug-likeness (QED) is 0.344. The van der Waals surface area contributed by atoms with Gasteiger partial charge in [-0.15, -0.1) is 0 Å². The molecule has 0 atom stereocenters. The number of rotatable bonds is 5. The van der Waals surface area contributed by atoms with Crippen LogP contribution in [-0.2, 0) is 0 Å². The van der Waals surface area contributed by atoms with Crippen LogP contribution in [0.2, 0.25) is 0 Å². The zero-order valence-electron chi connectivity index (χ0n) is 14.8. The van der Waals surface area contributed by atoms with Gasteiger partial charge in [-0.05, 0) is 28.5 Å². The number of carbonyl (C=O) groups excluding carboxylic acids is 1. The number of hydrogen-bond donors (Lipinski definition) is 1. The molecule has 4 aromatic carbocycles. The Morgan fingerprint density at radius 2 is 1.30 bits per heavy atom. The number of allylic oxidation sites excluding steroid dienone is 1. The van der Waals surface area contributed by atoms with Gasteiger partial charge < -0.3 is 5.32 Å². The number of hydrogen-bond acceptors (Lipinski definition) is 2. The third-order valence-corrected chi connectivity index (χ3v) is 4.47. The lowest BCUT2D eigenvalue weighted by atomic mass is 10.00. The average molecular weight is 349 g/mol. The molecule has 130 valence electrons. The van der Waals surface area contributed by atoms with Crippen molar-refractivity contribution in [2.75, 3.05) is 5.32 Å². The molecule has 27 heavy (non-hydrogen) atoms. The number of ketones is 1. The topological polar surface area (TPSA) is 29.1 Å². The normalized spacial score (nSPS) is 11.3. The molecule has 0 unspecified atom stereocenters. The Balaban J connectivity index is 1.77. The van der Waals surface area contributed by atoms with Crippen molar-refractivity contribution in [3.8, 4) is 0 Å². The highest BCUT2D eigenvalue weighted by atomic mass is 16.1. The smallest absolute Gasteiger partial charge is 0.188 e. The number of anilines is 1. The van der Waals surface area contributed by atoms with E-state index in [9.17, 15) is 4.79 Å². The average Bonchev–Trinajstić information content (AvgIpc) is 2.74. The first-order valence-corrected chi connectivity index (χ1v) is 8.92. The lowest BCUT2D eigenvalue weighted by Crippen LogP contribution is -2.04. The molecule has 0 amide bonds. The van der Waals surface area contributed by atoms with E-state index in [1.165, 1.54) is 0 Å². The second-order valence-electron chi connectivity index (χ2n) is 6.31. The van der Waals surface area contributed by atoms with Gasteiger partial charge in [0.25, 0.3) is 0 Å². The molecule has 2 heteroatoms. The van der Waals surface area contributed by atoms with E-state index < -0.39 is 0 Å². The molecule has 0 bridgehead atoms. The summed E-state index contributed by atoms with van der Waals surface area (Å²) < 4.78 is 0. The van der Waals surface area contributed by atoms with Gasteiger partial charge in [-0.3, -0.25) is 4.79 Å². The molecule has 4 aromatic rings. The van der Waals surface area contributed by atoms with Crippen molar-refractivity contribution in [1.29, 1.82) is 0 Å². The number of carbonyl (C=O) groups is 1. The number of para-hydroxylation sites is 1.